The van der Waals surface area contributed by atoms with Crippen LogP contribution in [0.1, 0.15) is 0 Å². The molecule has 0 bridgehead atoms. The number of rotatable bonds is 2. The Hall–Kier alpha value is -1.94. The van der Waals surface area contributed by atoms with Crippen LogP contribution in [0.4, 0.5) is 0 Å². The van der Waals surface area contributed by atoms with Crippen molar-refractivity contribution in [1.29, 1.82) is 0 Å². The molecular weight excluding hydrogens is 220 g/mol. The maximum atomic E-state index is 5.39. The summed E-state index contributed by atoms with van der Waals surface area (Å²) in [5, 5.41) is 2.02. The van der Waals surface area contributed by atoms with E-state index in [1.807, 2.05) is 29.6 Å². The molecule has 0 aliphatic carbocycles. The van der Waals surface area contributed by atoms with Gasteiger partial charge in [0.15, 0.2) is 5.82 Å². The molecule has 3 heterocycles. The van der Waals surface area contributed by atoms with Crippen LogP contribution in [-0.2, 0) is 0 Å². The molecule has 0 aliphatic rings. The van der Waals surface area contributed by atoms with Gasteiger partial charge in [0, 0.05) is 18.0 Å². The molecule has 3 aromatic heterocycles. The van der Waals surface area contributed by atoms with E-state index in [1.54, 1.807) is 30.0 Å². The lowest BCUT2D eigenvalue weighted by atomic mass is 10.2. The first-order valence-electron chi connectivity index (χ1n) is 4.84. The molecule has 0 aromatic carbocycles. The smallest absolute Gasteiger partial charge is 0.160 e. The highest BCUT2D eigenvalue weighted by Gasteiger charge is 2.12. The number of thiophene rings is 1. The Labute approximate surface area is 96.4 Å². The van der Waals surface area contributed by atoms with Crippen molar-refractivity contribution >= 4 is 11.3 Å². The van der Waals surface area contributed by atoms with Crippen molar-refractivity contribution in [3.05, 3.63) is 48.3 Å². The van der Waals surface area contributed by atoms with E-state index in [2.05, 4.69) is 9.97 Å². The Bertz CT molecular complexity index is 572. The molecule has 0 radical (unpaired) electrons. The van der Waals surface area contributed by atoms with E-state index in [0.29, 0.717) is 0 Å². The summed E-state index contributed by atoms with van der Waals surface area (Å²) in [7, 11) is 0. The van der Waals surface area contributed by atoms with Crippen LogP contribution in [0.3, 0.4) is 0 Å². The topological polar surface area (TPSA) is 38.9 Å². The highest BCUT2D eigenvalue weighted by Crippen LogP contribution is 2.34. The van der Waals surface area contributed by atoms with Gasteiger partial charge in [-0.3, -0.25) is 0 Å². The van der Waals surface area contributed by atoms with Crippen LogP contribution in [-0.4, -0.2) is 9.97 Å². The van der Waals surface area contributed by atoms with Gasteiger partial charge in [0.2, 0.25) is 0 Å². The number of hydrogen-bond acceptors (Lipinski definition) is 4. The molecule has 0 unspecified atom stereocenters. The Morgan fingerprint density at radius 2 is 1.94 bits per heavy atom. The average Bonchev–Trinajstić information content (AvgIpc) is 3.01. The molecule has 0 fully saturated rings. The zero-order chi connectivity index (χ0) is 10.8. The molecule has 0 amide bonds. The molecule has 0 saturated heterocycles. The van der Waals surface area contributed by atoms with Gasteiger partial charge in [-0.1, -0.05) is 0 Å². The SMILES string of the molecule is c1cnc(-c2ccsc2-c2ccco2)nc1. The largest absolute Gasteiger partial charge is 0.463 e. The minimum absolute atomic E-state index is 0.732. The molecule has 0 atom stereocenters. The highest BCUT2D eigenvalue weighted by molar-refractivity contribution is 7.14. The first-order chi connectivity index (χ1) is 7.95. The minimum atomic E-state index is 0.732. The van der Waals surface area contributed by atoms with Gasteiger partial charge in [0.25, 0.3) is 0 Å². The predicted molar refractivity (Wildman–Crippen MR) is 63.0 cm³/mol. The van der Waals surface area contributed by atoms with Crippen molar-refractivity contribution in [2.45, 2.75) is 0 Å². The van der Waals surface area contributed by atoms with Crippen molar-refractivity contribution < 1.29 is 4.42 Å². The van der Waals surface area contributed by atoms with Crippen molar-refractivity contribution in [1.82, 2.24) is 9.97 Å². The lowest BCUT2D eigenvalue weighted by Crippen LogP contribution is -1.85. The Morgan fingerprint density at radius 3 is 2.69 bits per heavy atom. The lowest BCUT2D eigenvalue weighted by molar-refractivity contribution is 0.584. The van der Waals surface area contributed by atoms with Gasteiger partial charge < -0.3 is 4.42 Å². The van der Waals surface area contributed by atoms with Crippen LogP contribution in [0.25, 0.3) is 22.0 Å². The number of nitrogens with zero attached hydrogens (tertiary/aromatic N) is 2. The molecule has 0 aliphatic heterocycles. The van der Waals surface area contributed by atoms with E-state index in [0.717, 1.165) is 22.0 Å². The van der Waals surface area contributed by atoms with Crippen LogP contribution < -0.4 is 0 Å². The molecule has 0 N–H and O–H groups in total. The van der Waals surface area contributed by atoms with Crippen LogP contribution in [0.15, 0.2) is 52.7 Å². The summed E-state index contributed by atoms with van der Waals surface area (Å²) in [6.07, 6.45) is 5.16. The molecule has 3 rings (SSSR count). The van der Waals surface area contributed by atoms with E-state index >= 15 is 0 Å². The van der Waals surface area contributed by atoms with Gasteiger partial charge in [-0.05, 0) is 29.6 Å². The van der Waals surface area contributed by atoms with E-state index in [4.69, 9.17) is 4.42 Å². The van der Waals surface area contributed by atoms with Gasteiger partial charge >= 0.3 is 0 Å². The third-order valence-electron chi connectivity index (χ3n) is 2.22. The molecule has 4 heteroatoms. The molecule has 3 nitrogen and oxygen atoms in total. The lowest BCUT2D eigenvalue weighted by Gasteiger charge is -1.98. The van der Waals surface area contributed by atoms with E-state index in [9.17, 15) is 0 Å². The third-order valence-corrected chi connectivity index (χ3v) is 3.15. The van der Waals surface area contributed by atoms with E-state index < -0.39 is 0 Å². The maximum Gasteiger partial charge on any atom is 0.160 e. The molecule has 78 valence electrons. The summed E-state index contributed by atoms with van der Waals surface area (Å²) in [5.41, 5.74) is 1.01. The number of aromatic nitrogens is 2. The average molecular weight is 228 g/mol. The van der Waals surface area contributed by atoms with Gasteiger partial charge in [0.05, 0.1) is 11.1 Å². The normalized spacial score (nSPS) is 10.5. The van der Waals surface area contributed by atoms with Crippen LogP contribution in [0.5, 0.6) is 0 Å². The molecule has 3 aromatic rings. The van der Waals surface area contributed by atoms with Gasteiger partial charge in [-0.25, -0.2) is 9.97 Å². The summed E-state index contributed by atoms with van der Waals surface area (Å²) in [4.78, 5) is 9.56. The second-order valence-corrected chi connectivity index (χ2v) is 4.13. The van der Waals surface area contributed by atoms with Crippen LogP contribution >= 0.6 is 11.3 Å². The van der Waals surface area contributed by atoms with E-state index in [1.165, 1.54) is 0 Å². The van der Waals surface area contributed by atoms with Crippen molar-refractivity contribution in [3.63, 3.8) is 0 Å². The van der Waals surface area contributed by atoms with Crippen LogP contribution in [0.2, 0.25) is 0 Å². The highest BCUT2D eigenvalue weighted by atomic mass is 32.1. The second-order valence-electron chi connectivity index (χ2n) is 3.21. The summed E-state index contributed by atoms with van der Waals surface area (Å²) >= 11 is 1.63. The Morgan fingerprint density at radius 1 is 1.06 bits per heavy atom. The quantitative estimate of drug-likeness (QED) is 0.674. The number of furan rings is 1. The molecular formula is C12H8N2OS. The Kier molecular flexibility index (Phi) is 2.27. The summed E-state index contributed by atoms with van der Waals surface area (Å²) in [5.74, 6) is 1.59. The minimum Gasteiger partial charge on any atom is -0.463 e. The first kappa shape index (κ1) is 9.30. The third kappa shape index (κ3) is 1.53. The van der Waals surface area contributed by atoms with Gasteiger partial charge in [-0.2, -0.15) is 0 Å². The predicted octanol–water partition coefficient (Wildman–Crippen LogP) is 3.47. The molecule has 16 heavy (non-hydrogen) atoms. The monoisotopic (exact) mass is 228 g/mol. The number of hydrogen-bond donors (Lipinski definition) is 0. The fourth-order valence-corrected chi connectivity index (χ4v) is 2.38. The van der Waals surface area contributed by atoms with Crippen molar-refractivity contribution in [3.8, 4) is 22.0 Å². The Balaban J connectivity index is 2.14. The van der Waals surface area contributed by atoms with Crippen LogP contribution in [0, 0.1) is 0 Å². The zero-order valence-electron chi connectivity index (χ0n) is 8.33. The van der Waals surface area contributed by atoms with E-state index in [-0.39, 0.29) is 0 Å². The maximum absolute atomic E-state index is 5.39. The van der Waals surface area contributed by atoms with Gasteiger partial charge in [0.1, 0.15) is 5.76 Å². The van der Waals surface area contributed by atoms with Crippen molar-refractivity contribution in [2.24, 2.45) is 0 Å². The zero-order valence-corrected chi connectivity index (χ0v) is 9.15. The first-order valence-corrected chi connectivity index (χ1v) is 5.72. The summed E-state index contributed by atoms with van der Waals surface area (Å²) in [6, 6.07) is 7.64. The van der Waals surface area contributed by atoms with Crippen molar-refractivity contribution in [2.75, 3.05) is 0 Å². The van der Waals surface area contributed by atoms with Gasteiger partial charge in [-0.15, -0.1) is 11.3 Å². The standard InChI is InChI=1S/C12H8N2OS/c1-3-10(15-7-1)11-9(4-8-16-11)12-13-5-2-6-14-12/h1-8H. The fraction of sp³-hybridized carbons (Fsp3) is 0. The summed E-state index contributed by atoms with van der Waals surface area (Å²) in [6.45, 7) is 0. The molecule has 0 spiro atoms. The molecule has 0 saturated carbocycles. The second kappa shape index (κ2) is 3.90. The summed E-state index contributed by atoms with van der Waals surface area (Å²) < 4.78 is 5.39. The fourth-order valence-electron chi connectivity index (χ4n) is 1.52.